The second kappa shape index (κ2) is 5.27. The Hall–Kier alpha value is -2.10. The van der Waals surface area contributed by atoms with E-state index in [2.05, 4.69) is 43.5 Å². The summed E-state index contributed by atoms with van der Waals surface area (Å²) in [6, 6.07) is 7.56. The van der Waals surface area contributed by atoms with Crippen LogP contribution < -0.4 is 10.6 Å². The van der Waals surface area contributed by atoms with Gasteiger partial charge in [0.25, 0.3) is 0 Å². The Morgan fingerprint density at radius 1 is 1.14 bits per heavy atom. The number of urea groups is 1. The number of carbonyl (C=O) groups excluding carboxylic acids is 2. The smallest absolute Gasteiger partial charge is 0.319 e. The Balaban J connectivity index is 2.02. The summed E-state index contributed by atoms with van der Waals surface area (Å²) in [5.41, 5.74) is 3.62. The zero-order valence-corrected chi connectivity index (χ0v) is 13.3. The van der Waals surface area contributed by atoms with Crippen molar-refractivity contribution in [2.45, 2.75) is 46.1 Å². The molecule has 0 bridgehead atoms. The van der Waals surface area contributed by atoms with Crippen LogP contribution in [0.3, 0.4) is 0 Å². The minimum atomic E-state index is -0.335. The molecule has 1 atom stereocenters. The van der Waals surface area contributed by atoms with E-state index in [-0.39, 0.29) is 23.3 Å². The van der Waals surface area contributed by atoms with Crippen molar-refractivity contribution in [3.05, 3.63) is 46.7 Å². The average molecular weight is 298 g/mol. The quantitative estimate of drug-likeness (QED) is 0.880. The van der Waals surface area contributed by atoms with Gasteiger partial charge in [-0.3, -0.25) is 4.79 Å². The molecule has 2 N–H and O–H groups in total. The second-order valence-corrected chi connectivity index (χ2v) is 6.96. The zero-order valence-electron chi connectivity index (χ0n) is 13.3. The van der Waals surface area contributed by atoms with Crippen molar-refractivity contribution in [2.24, 2.45) is 5.41 Å². The van der Waals surface area contributed by atoms with Crippen LogP contribution in [0.25, 0.3) is 0 Å². The number of hydrogen-bond acceptors (Lipinski definition) is 2. The van der Waals surface area contributed by atoms with Gasteiger partial charge in [0, 0.05) is 17.7 Å². The molecule has 1 aliphatic heterocycles. The molecular formula is C18H22N2O2. The SMILES string of the molecule is CCc1ccc([C@H]2NC(=O)NC3=C2C(=O)CC(C)(C)C3)cc1. The van der Waals surface area contributed by atoms with Gasteiger partial charge in [0.1, 0.15) is 0 Å². The molecule has 1 aliphatic carbocycles. The molecule has 0 spiro atoms. The first-order valence-corrected chi connectivity index (χ1v) is 7.82. The van der Waals surface area contributed by atoms with Gasteiger partial charge >= 0.3 is 6.03 Å². The van der Waals surface area contributed by atoms with Crippen LogP contribution in [0.1, 0.15) is 50.8 Å². The van der Waals surface area contributed by atoms with Gasteiger partial charge in [0.05, 0.1) is 6.04 Å². The lowest BCUT2D eigenvalue weighted by molar-refractivity contribution is -0.118. The highest BCUT2D eigenvalue weighted by atomic mass is 16.2. The van der Waals surface area contributed by atoms with Crippen molar-refractivity contribution >= 4 is 11.8 Å². The van der Waals surface area contributed by atoms with Gasteiger partial charge in [-0.15, -0.1) is 0 Å². The zero-order chi connectivity index (χ0) is 15.9. The van der Waals surface area contributed by atoms with E-state index >= 15 is 0 Å². The molecule has 1 aromatic rings. The highest BCUT2D eigenvalue weighted by Gasteiger charge is 2.40. The summed E-state index contributed by atoms with van der Waals surface area (Å²) in [6.45, 7) is 6.23. The molecule has 0 saturated carbocycles. The second-order valence-electron chi connectivity index (χ2n) is 6.96. The van der Waals surface area contributed by atoms with Crippen molar-refractivity contribution in [3.8, 4) is 0 Å². The van der Waals surface area contributed by atoms with Crippen LogP contribution in [0.4, 0.5) is 4.79 Å². The van der Waals surface area contributed by atoms with Crippen molar-refractivity contribution in [2.75, 3.05) is 0 Å². The number of nitrogens with one attached hydrogen (secondary N) is 2. The summed E-state index contributed by atoms with van der Waals surface area (Å²) < 4.78 is 0. The van der Waals surface area contributed by atoms with Crippen LogP contribution in [0, 0.1) is 5.41 Å². The number of amides is 2. The minimum Gasteiger partial charge on any atom is -0.327 e. The van der Waals surface area contributed by atoms with Crippen molar-refractivity contribution in [3.63, 3.8) is 0 Å². The molecule has 1 aromatic carbocycles. The summed E-state index contributed by atoms with van der Waals surface area (Å²) in [5, 5.41) is 5.73. The fourth-order valence-electron chi connectivity index (χ4n) is 3.35. The number of benzene rings is 1. The predicted octanol–water partition coefficient (Wildman–Crippen LogP) is 3.25. The van der Waals surface area contributed by atoms with Gasteiger partial charge < -0.3 is 10.6 Å². The largest absolute Gasteiger partial charge is 0.327 e. The van der Waals surface area contributed by atoms with Gasteiger partial charge in [-0.2, -0.15) is 0 Å². The van der Waals surface area contributed by atoms with Crippen LogP contribution in [0.5, 0.6) is 0 Å². The van der Waals surface area contributed by atoms with Crippen molar-refractivity contribution < 1.29 is 9.59 Å². The maximum absolute atomic E-state index is 12.6. The monoisotopic (exact) mass is 298 g/mol. The van der Waals surface area contributed by atoms with E-state index in [1.54, 1.807) is 0 Å². The molecule has 4 heteroatoms. The molecule has 0 radical (unpaired) electrons. The third-order valence-electron chi connectivity index (χ3n) is 4.47. The molecule has 2 amide bonds. The van der Waals surface area contributed by atoms with E-state index in [0.717, 1.165) is 29.7 Å². The number of Topliss-reactive ketones (excluding diaryl/α,β-unsaturated/α-hetero) is 1. The summed E-state index contributed by atoms with van der Waals surface area (Å²) in [4.78, 5) is 24.6. The highest BCUT2D eigenvalue weighted by molar-refractivity contribution is 6.01. The van der Waals surface area contributed by atoms with E-state index in [1.165, 1.54) is 5.56 Å². The number of aryl methyl sites for hydroxylation is 1. The summed E-state index contributed by atoms with van der Waals surface area (Å²) in [6.07, 6.45) is 2.22. The molecule has 4 nitrogen and oxygen atoms in total. The van der Waals surface area contributed by atoms with Crippen LogP contribution in [0.15, 0.2) is 35.5 Å². The van der Waals surface area contributed by atoms with E-state index in [0.29, 0.717) is 6.42 Å². The fourth-order valence-corrected chi connectivity index (χ4v) is 3.35. The lowest BCUT2D eigenvalue weighted by Gasteiger charge is -2.38. The lowest BCUT2D eigenvalue weighted by atomic mass is 9.73. The third-order valence-corrected chi connectivity index (χ3v) is 4.47. The molecular weight excluding hydrogens is 276 g/mol. The third kappa shape index (κ3) is 2.65. The molecule has 2 aliphatic rings. The molecule has 1 heterocycles. The summed E-state index contributed by atoms with van der Waals surface area (Å²) in [5.74, 6) is 0.128. The molecule has 0 fully saturated rings. The van der Waals surface area contributed by atoms with Crippen LogP contribution in [0.2, 0.25) is 0 Å². The first-order chi connectivity index (χ1) is 10.4. The average Bonchev–Trinajstić information content (AvgIpc) is 2.44. The van der Waals surface area contributed by atoms with Crippen LogP contribution >= 0.6 is 0 Å². The Morgan fingerprint density at radius 3 is 2.45 bits per heavy atom. The van der Waals surface area contributed by atoms with Crippen LogP contribution in [-0.2, 0) is 11.2 Å². The van der Waals surface area contributed by atoms with E-state index in [4.69, 9.17) is 0 Å². The first-order valence-electron chi connectivity index (χ1n) is 7.82. The van der Waals surface area contributed by atoms with Crippen molar-refractivity contribution in [1.82, 2.24) is 10.6 Å². The number of hydrogen-bond donors (Lipinski definition) is 2. The fraction of sp³-hybridized carbons (Fsp3) is 0.444. The van der Waals surface area contributed by atoms with Crippen molar-refractivity contribution in [1.29, 1.82) is 0 Å². The van der Waals surface area contributed by atoms with E-state index < -0.39 is 0 Å². The maximum Gasteiger partial charge on any atom is 0.319 e. The van der Waals surface area contributed by atoms with Gasteiger partial charge in [0.2, 0.25) is 0 Å². The number of carbonyl (C=O) groups is 2. The number of ketones is 1. The Bertz CT molecular complexity index is 656. The first kappa shape index (κ1) is 14.8. The van der Waals surface area contributed by atoms with Crippen LogP contribution in [-0.4, -0.2) is 11.8 Å². The van der Waals surface area contributed by atoms with Gasteiger partial charge in [-0.1, -0.05) is 45.0 Å². The van der Waals surface area contributed by atoms with Gasteiger partial charge in [-0.05, 0) is 29.4 Å². The van der Waals surface area contributed by atoms with E-state index in [9.17, 15) is 9.59 Å². The summed E-state index contributed by atoms with van der Waals surface area (Å²) in [7, 11) is 0. The Kier molecular flexibility index (Phi) is 3.55. The maximum atomic E-state index is 12.6. The molecule has 3 rings (SSSR count). The normalized spacial score (nSPS) is 23.7. The van der Waals surface area contributed by atoms with Gasteiger partial charge in [0.15, 0.2) is 5.78 Å². The standard InChI is InChI=1S/C18H22N2O2/c1-4-11-5-7-12(8-6-11)16-15-13(19-17(22)20-16)9-18(2,3)10-14(15)21/h5-8,16H,4,9-10H2,1-3H3,(H2,19,20,22)/t16-/m1/s1. The molecule has 0 aromatic heterocycles. The number of rotatable bonds is 2. The summed E-state index contributed by atoms with van der Waals surface area (Å²) >= 11 is 0. The Morgan fingerprint density at radius 2 is 1.82 bits per heavy atom. The molecule has 0 unspecified atom stereocenters. The number of allylic oxidation sites excluding steroid dienone is 1. The lowest BCUT2D eigenvalue weighted by Crippen LogP contribution is -2.48. The molecule has 22 heavy (non-hydrogen) atoms. The highest BCUT2D eigenvalue weighted by Crippen LogP contribution is 2.41. The predicted molar refractivity (Wildman–Crippen MR) is 85.3 cm³/mol. The van der Waals surface area contributed by atoms with E-state index in [1.807, 2.05) is 12.1 Å². The van der Waals surface area contributed by atoms with Gasteiger partial charge in [-0.25, -0.2) is 4.79 Å². The minimum absolute atomic E-state index is 0.100. The molecule has 116 valence electrons. The topological polar surface area (TPSA) is 58.2 Å². The molecule has 0 saturated heterocycles. The Labute approximate surface area is 131 Å².